The van der Waals surface area contributed by atoms with Crippen molar-refractivity contribution in [3.63, 3.8) is 0 Å². The Hall–Kier alpha value is -4.41. The summed E-state index contributed by atoms with van der Waals surface area (Å²) in [6.45, 7) is 7.88. The molecule has 4 aromatic carbocycles. The number of carbonyl (C=O) groups excluding carboxylic acids is 3. The van der Waals surface area contributed by atoms with Gasteiger partial charge in [0.2, 0.25) is 5.91 Å². The third kappa shape index (κ3) is 17.2. The molecule has 0 aliphatic heterocycles. The van der Waals surface area contributed by atoms with Crippen molar-refractivity contribution in [3.8, 4) is 22.3 Å². The van der Waals surface area contributed by atoms with Crippen LogP contribution in [0.4, 0.5) is 0 Å². The summed E-state index contributed by atoms with van der Waals surface area (Å²) in [5.74, 6) is -2.43. The first-order chi connectivity index (χ1) is 26.3. The van der Waals surface area contributed by atoms with Crippen LogP contribution in [0.1, 0.15) is 64.5 Å². The van der Waals surface area contributed by atoms with Gasteiger partial charge >= 0.3 is 17.9 Å². The molecule has 4 aromatic rings. The van der Waals surface area contributed by atoms with Crippen LogP contribution in [0.5, 0.6) is 0 Å². The number of esters is 2. The number of hydrogen-bond donors (Lipinski definition) is 3. The number of aliphatic carboxylic acids is 1. The van der Waals surface area contributed by atoms with E-state index in [1.807, 2.05) is 86.6 Å². The topological polar surface area (TPSA) is 145 Å². The van der Waals surface area contributed by atoms with E-state index in [-0.39, 0.29) is 61.1 Å². The van der Waals surface area contributed by atoms with Gasteiger partial charge in [0, 0.05) is 28.5 Å². The Morgan fingerprint density at radius 1 is 0.661 bits per heavy atom. The van der Waals surface area contributed by atoms with Crippen LogP contribution in [-0.4, -0.2) is 54.2 Å². The maximum Gasteiger partial charge on any atom is 0.308 e. The zero-order valence-electron chi connectivity index (χ0n) is 32.3. The first-order valence-corrected chi connectivity index (χ1v) is 19.3. The Labute approximate surface area is 346 Å². The number of nitrogens with two attached hydrogens (primary N) is 1. The van der Waals surface area contributed by atoms with Gasteiger partial charge in [0.15, 0.2) is 0 Å². The third-order valence-electron chi connectivity index (χ3n) is 8.81. The average molecular weight is 828 g/mol. The van der Waals surface area contributed by atoms with Crippen LogP contribution in [0.2, 0.25) is 10.0 Å². The molecular weight excluding hydrogens is 775 g/mol. The summed E-state index contributed by atoms with van der Waals surface area (Å²) in [5, 5.41) is 13.1. The molecule has 0 saturated carbocycles. The van der Waals surface area contributed by atoms with Gasteiger partial charge < -0.3 is 25.6 Å². The van der Waals surface area contributed by atoms with E-state index in [9.17, 15) is 19.2 Å². The molecule has 0 bridgehead atoms. The number of amides is 1. The minimum absolute atomic E-state index is 0. The normalized spacial score (nSPS) is 12.7. The van der Waals surface area contributed by atoms with Crippen molar-refractivity contribution in [2.45, 2.75) is 78.3 Å². The van der Waals surface area contributed by atoms with Crippen LogP contribution in [0.15, 0.2) is 97.1 Å². The Balaban J connectivity index is 0.000000392. The number of carboxylic acids is 1. The highest BCUT2D eigenvalue weighted by atomic mass is 35.5. The fraction of sp³-hybridized carbons (Fsp3) is 0.364. The van der Waals surface area contributed by atoms with E-state index < -0.39 is 11.9 Å². The molecule has 56 heavy (non-hydrogen) atoms. The largest absolute Gasteiger partial charge is 0.481 e. The van der Waals surface area contributed by atoms with Gasteiger partial charge in [-0.05, 0) is 97.2 Å². The zero-order valence-corrected chi connectivity index (χ0v) is 34.7. The van der Waals surface area contributed by atoms with E-state index >= 15 is 0 Å². The second kappa shape index (κ2) is 25.0. The summed E-state index contributed by atoms with van der Waals surface area (Å²) in [5.41, 5.74) is 12.6. The smallest absolute Gasteiger partial charge is 0.308 e. The van der Waals surface area contributed by atoms with Crippen LogP contribution < -0.4 is 11.1 Å². The predicted molar refractivity (Wildman–Crippen MR) is 226 cm³/mol. The molecule has 0 saturated heterocycles. The fourth-order valence-corrected chi connectivity index (χ4v) is 6.41. The average Bonchev–Trinajstić information content (AvgIpc) is 3.15. The van der Waals surface area contributed by atoms with Crippen molar-refractivity contribution >= 4 is 59.4 Å². The number of hydrogen-bond acceptors (Lipinski definition) is 7. The number of rotatable bonds is 18. The summed E-state index contributed by atoms with van der Waals surface area (Å²) in [7, 11) is 0. The number of benzene rings is 4. The Morgan fingerprint density at radius 3 is 1.54 bits per heavy atom. The summed E-state index contributed by atoms with van der Waals surface area (Å²) >= 11 is 12.1. The van der Waals surface area contributed by atoms with E-state index in [0.717, 1.165) is 44.8 Å². The lowest BCUT2D eigenvalue weighted by Gasteiger charge is -2.22. The van der Waals surface area contributed by atoms with Crippen molar-refractivity contribution in [1.82, 2.24) is 5.32 Å². The highest BCUT2D eigenvalue weighted by Crippen LogP contribution is 2.25. The zero-order chi connectivity index (χ0) is 40.3. The van der Waals surface area contributed by atoms with Gasteiger partial charge in [0.25, 0.3) is 0 Å². The molecule has 4 atom stereocenters. The molecule has 0 heterocycles. The van der Waals surface area contributed by atoms with Gasteiger partial charge in [0.1, 0.15) is 0 Å². The van der Waals surface area contributed by atoms with E-state index in [4.69, 9.17) is 43.5 Å². The SMILES string of the molecule is CCOC(=O)C(C)C[C@H](N)Cc1ccc(-c2cccc(Cl)c2)cc1.CCOC(=O)[C@H](C)C[C@@H](Cc1ccc(-c2cccc(Cl)c2)cc1)NC(=O)CCC(=O)O.Cl. The van der Waals surface area contributed by atoms with Crippen molar-refractivity contribution in [2.24, 2.45) is 17.6 Å². The van der Waals surface area contributed by atoms with Gasteiger partial charge in [-0.25, -0.2) is 0 Å². The van der Waals surface area contributed by atoms with Crippen molar-refractivity contribution < 1.29 is 33.8 Å². The van der Waals surface area contributed by atoms with Crippen LogP contribution >= 0.6 is 35.6 Å². The van der Waals surface area contributed by atoms with Crippen molar-refractivity contribution in [3.05, 3.63) is 118 Å². The highest BCUT2D eigenvalue weighted by molar-refractivity contribution is 6.31. The van der Waals surface area contributed by atoms with Crippen molar-refractivity contribution in [1.29, 1.82) is 0 Å². The number of halogens is 3. The molecule has 1 unspecified atom stereocenters. The molecule has 0 spiro atoms. The molecule has 4 rings (SSSR count). The van der Waals surface area contributed by atoms with Gasteiger partial charge in [-0.15, -0.1) is 12.4 Å². The van der Waals surface area contributed by atoms with Crippen LogP contribution in [0, 0.1) is 11.8 Å². The fourth-order valence-electron chi connectivity index (χ4n) is 6.03. The molecule has 0 fully saturated rings. The van der Waals surface area contributed by atoms with Crippen LogP contribution in [0.3, 0.4) is 0 Å². The predicted octanol–water partition coefficient (Wildman–Crippen LogP) is 9.38. The molecule has 0 aliphatic carbocycles. The third-order valence-corrected chi connectivity index (χ3v) is 9.28. The van der Waals surface area contributed by atoms with Gasteiger partial charge in [-0.2, -0.15) is 0 Å². The molecular formula is C44H53Cl3N2O7. The monoisotopic (exact) mass is 826 g/mol. The molecule has 12 heteroatoms. The van der Waals surface area contributed by atoms with Gasteiger partial charge in [-0.3, -0.25) is 19.2 Å². The summed E-state index contributed by atoms with van der Waals surface area (Å²) < 4.78 is 10.1. The Bertz CT molecular complexity index is 1840. The van der Waals surface area contributed by atoms with Gasteiger partial charge in [0.05, 0.1) is 31.5 Å². The van der Waals surface area contributed by atoms with Crippen LogP contribution in [0.25, 0.3) is 22.3 Å². The summed E-state index contributed by atoms with van der Waals surface area (Å²) in [6.07, 6.45) is 1.92. The Kier molecular flexibility index (Phi) is 21.3. The first-order valence-electron chi connectivity index (χ1n) is 18.6. The van der Waals surface area contributed by atoms with Gasteiger partial charge in [-0.1, -0.05) is 110 Å². The number of nitrogens with one attached hydrogen (secondary N) is 1. The second-order valence-corrected chi connectivity index (χ2v) is 14.4. The molecule has 4 N–H and O–H groups in total. The van der Waals surface area contributed by atoms with E-state index in [2.05, 4.69) is 29.6 Å². The van der Waals surface area contributed by atoms with E-state index in [0.29, 0.717) is 37.5 Å². The van der Waals surface area contributed by atoms with Crippen molar-refractivity contribution in [2.75, 3.05) is 13.2 Å². The minimum atomic E-state index is -1.02. The molecule has 9 nitrogen and oxygen atoms in total. The number of ether oxygens (including phenoxy) is 2. The summed E-state index contributed by atoms with van der Waals surface area (Å²) in [6, 6.07) is 31.2. The lowest BCUT2D eigenvalue weighted by molar-refractivity contribution is -0.148. The lowest BCUT2D eigenvalue weighted by Crippen LogP contribution is -2.39. The molecule has 0 radical (unpaired) electrons. The maximum atomic E-state index is 12.2. The second-order valence-electron chi connectivity index (χ2n) is 13.5. The lowest BCUT2D eigenvalue weighted by atomic mass is 9.94. The molecule has 302 valence electrons. The van der Waals surface area contributed by atoms with E-state index in [1.54, 1.807) is 13.8 Å². The molecule has 0 aliphatic rings. The highest BCUT2D eigenvalue weighted by Gasteiger charge is 2.22. The standard InChI is InChI=1S/C24H28ClNO5.C20H24ClNO2.ClH/c1-3-31-24(30)16(2)13-21(26-22(27)11-12-23(28)29)14-17-7-9-18(10-8-17)19-5-4-6-20(25)15-19;1-3-24-20(23)14(2)11-19(22)12-15-7-9-16(10-8-15)17-5-4-6-18(21)13-17;/h4-10,15-16,21H,3,11-14H2,1-2H3,(H,26,27)(H,28,29);4-10,13-14,19H,3,11-12,22H2,1-2H3;1H/t16-,21+;14?,19-;/m10./s1. The number of carboxylic acid groups (broad SMARTS) is 1. The maximum absolute atomic E-state index is 12.2. The minimum Gasteiger partial charge on any atom is -0.481 e. The Morgan fingerprint density at radius 2 is 1.11 bits per heavy atom. The molecule has 0 aromatic heterocycles. The van der Waals surface area contributed by atoms with Crippen LogP contribution in [-0.2, 0) is 41.5 Å². The number of carbonyl (C=O) groups is 4. The first kappa shape index (κ1) is 47.7. The summed E-state index contributed by atoms with van der Waals surface area (Å²) in [4.78, 5) is 46.6. The quantitative estimate of drug-likeness (QED) is 0.0842. The van der Waals surface area contributed by atoms with E-state index in [1.165, 1.54) is 0 Å². The molecule has 1 amide bonds.